The van der Waals surface area contributed by atoms with E-state index in [9.17, 15) is 33.2 Å². The zero-order valence-electron chi connectivity index (χ0n) is 45.3. The fourth-order valence-electron chi connectivity index (χ4n) is 11.5. The van der Waals surface area contributed by atoms with Crippen LogP contribution in [0.15, 0.2) is 78.9 Å². The molecule has 3 fully saturated rings. The van der Waals surface area contributed by atoms with Crippen LogP contribution in [0.25, 0.3) is 0 Å². The lowest BCUT2D eigenvalue weighted by Crippen LogP contribution is -2.62. The highest BCUT2D eigenvalue weighted by Gasteiger charge is 2.48. The number of ether oxygens (including phenoxy) is 2. The average molecular weight is 1090 g/mol. The van der Waals surface area contributed by atoms with Crippen molar-refractivity contribution in [1.82, 2.24) is 36.0 Å². The molecule has 0 spiro atoms. The van der Waals surface area contributed by atoms with Gasteiger partial charge in [-0.2, -0.15) is 0 Å². The molecule has 0 bridgehead atoms. The molecule has 18 nitrogen and oxygen atoms in total. The summed E-state index contributed by atoms with van der Waals surface area (Å²) in [5.41, 5.74) is 1.86. The smallest absolute Gasteiger partial charge is 0.252 e. The van der Waals surface area contributed by atoms with E-state index in [2.05, 4.69) is 55.5 Å². The second kappa shape index (κ2) is 24.7. The molecular formula is C58H71F3N10O8. The summed E-state index contributed by atoms with van der Waals surface area (Å²) in [4.78, 5) is 93.3. The second-order valence-electron chi connectivity index (χ2n) is 21.8. The lowest BCUT2D eigenvalue weighted by atomic mass is 9.83. The number of halogens is 3. The fraction of sp³-hybridized carbons (Fsp3) is 0.483. The molecular weight excluding hydrogens is 1020 g/mol. The van der Waals surface area contributed by atoms with Gasteiger partial charge in [-0.25, -0.2) is 13.2 Å². The molecule has 5 aliphatic heterocycles. The van der Waals surface area contributed by atoms with E-state index in [0.717, 1.165) is 42.4 Å². The largest absolute Gasteiger partial charge is 0.381 e. The van der Waals surface area contributed by atoms with E-state index >= 15 is 8.78 Å². The number of anilines is 3. The van der Waals surface area contributed by atoms with Gasteiger partial charge in [-0.05, 0) is 130 Å². The van der Waals surface area contributed by atoms with Crippen molar-refractivity contribution in [1.29, 1.82) is 0 Å². The van der Waals surface area contributed by atoms with E-state index in [4.69, 9.17) is 9.47 Å². The quantitative estimate of drug-likeness (QED) is 0.0889. The number of nitrogens with one attached hydrogen (secondary N) is 6. The van der Waals surface area contributed by atoms with Gasteiger partial charge < -0.3 is 51.2 Å². The molecule has 6 amide bonds. The highest BCUT2D eigenvalue weighted by molar-refractivity contribution is 6.05. The molecule has 9 rings (SSSR count). The van der Waals surface area contributed by atoms with Crippen LogP contribution in [0.4, 0.5) is 30.2 Å². The van der Waals surface area contributed by atoms with Crippen LogP contribution in [-0.4, -0.2) is 160 Å². The molecule has 21 heteroatoms. The summed E-state index contributed by atoms with van der Waals surface area (Å²) in [6.07, 6.45) is 1.35. The van der Waals surface area contributed by atoms with Crippen LogP contribution in [0.1, 0.15) is 74.4 Å². The van der Waals surface area contributed by atoms with Gasteiger partial charge in [0.25, 0.3) is 5.91 Å². The third-order valence-corrected chi connectivity index (χ3v) is 16.2. The minimum Gasteiger partial charge on any atom is -0.381 e. The van der Waals surface area contributed by atoms with E-state index in [-0.39, 0.29) is 66.7 Å². The van der Waals surface area contributed by atoms with E-state index in [0.29, 0.717) is 75.6 Å². The summed E-state index contributed by atoms with van der Waals surface area (Å²) < 4.78 is 55.2. The third kappa shape index (κ3) is 12.8. The van der Waals surface area contributed by atoms with Crippen LogP contribution < -0.4 is 36.8 Å². The summed E-state index contributed by atoms with van der Waals surface area (Å²) in [6.45, 7) is 12.0. The van der Waals surface area contributed by atoms with Crippen LogP contribution in [0.3, 0.4) is 0 Å². The average Bonchev–Trinajstić information content (AvgIpc) is 4.20. The summed E-state index contributed by atoms with van der Waals surface area (Å²) >= 11 is 0. The number of carbonyl (C=O) groups is 6. The van der Waals surface area contributed by atoms with Crippen LogP contribution in [0.2, 0.25) is 0 Å². The van der Waals surface area contributed by atoms with Crippen LogP contribution >= 0.6 is 0 Å². The van der Waals surface area contributed by atoms with E-state index in [1.54, 1.807) is 50.1 Å². The molecule has 0 aromatic heterocycles. The van der Waals surface area contributed by atoms with Gasteiger partial charge in [-0.1, -0.05) is 36.4 Å². The van der Waals surface area contributed by atoms with E-state index in [1.165, 1.54) is 23.1 Å². The number of hydrogen-bond acceptors (Lipinski definition) is 12. The van der Waals surface area contributed by atoms with Crippen molar-refractivity contribution in [3.63, 3.8) is 0 Å². The van der Waals surface area contributed by atoms with Gasteiger partial charge >= 0.3 is 0 Å². The van der Waals surface area contributed by atoms with Gasteiger partial charge in [0.2, 0.25) is 29.5 Å². The Kier molecular flexibility index (Phi) is 17.8. The molecule has 0 radical (unpaired) electrons. The maximum atomic E-state index is 15.0. The number of morpholine rings is 1. The van der Waals surface area contributed by atoms with Crippen LogP contribution in [0.5, 0.6) is 0 Å². The number of hydrogen-bond donors (Lipinski definition) is 6. The standard InChI is InChI=1S/C58H71F3N10O8/c1-34-28-69(43(26-63-34)30-68-19-22-79-32-35(68)2)31-50(73)71-33-58(4,45-16-11-38(24-48(45)71)23-37-9-13-41(59)14-10-37)57(77)64-27-49(72)65-42-15-12-40-29-70(53(44(40)25-42)55(75)67-52-46(60)7-6-8-47(52)61)56(76)51(39-17-20-78-21-18-39)66-54(74)36(3)62-5/h6-16,24-25,34-36,39,43,51,53,62-63H,17-23,26-33H2,1-5H3,(H,64,77)(H,65,72)(H,66,74)(H,67,75)/t34-,35-,36+,43-,51?,53+,58+/m1/s1. The highest BCUT2D eigenvalue weighted by atomic mass is 19.1. The molecule has 0 saturated carbocycles. The lowest BCUT2D eigenvalue weighted by Gasteiger charge is -2.43. The van der Waals surface area contributed by atoms with Gasteiger partial charge in [-0.3, -0.25) is 38.6 Å². The Bertz CT molecular complexity index is 2910. The van der Waals surface area contributed by atoms with E-state index < -0.39 is 76.9 Å². The van der Waals surface area contributed by atoms with Crippen molar-refractivity contribution in [2.45, 2.75) is 95.2 Å². The van der Waals surface area contributed by atoms with Crippen LogP contribution in [-0.2, 0) is 56.6 Å². The van der Waals surface area contributed by atoms with Crippen molar-refractivity contribution in [3.8, 4) is 0 Å². The maximum Gasteiger partial charge on any atom is 0.252 e. The molecule has 79 heavy (non-hydrogen) atoms. The fourth-order valence-corrected chi connectivity index (χ4v) is 11.5. The van der Waals surface area contributed by atoms with Gasteiger partial charge in [0, 0.05) is 82.0 Å². The number of para-hydroxylation sites is 1. The Labute approximate surface area is 458 Å². The normalized spacial score (nSPS) is 23.3. The maximum absolute atomic E-state index is 15.0. The topological polar surface area (TPSA) is 206 Å². The first kappa shape index (κ1) is 57.0. The lowest BCUT2D eigenvalue weighted by molar-refractivity contribution is -0.144. The first-order valence-corrected chi connectivity index (χ1v) is 27.2. The zero-order valence-corrected chi connectivity index (χ0v) is 45.3. The van der Waals surface area contributed by atoms with Crippen molar-refractivity contribution in [3.05, 3.63) is 124 Å². The minimum absolute atomic E-state index is 0.00468. The number of fused-ring (bicyclic) bond motifs is 2. The number of likely N-dealkylation sites (N-methyl/N-ethyl adjacent to an activating group) is 1. The Morgan fingerprint density at radius 3 is 2.32 bits per heavy atom. The summed E-state index contributed by atoms with van der Waals surface area (Å²) in [6, 6.07) is 16.9. The van der Waals surface area contributed by atoms with Crippen molar-refractivity contribution < 1.29 is 51.4 Å². The second-order valence-corrected chi connectivity index (χ2v) is 21.8. The molecule has 4 aromatic carbocycles. The Morgan fingerprint density at radius 1 is 0.861 bits per heavy atom. The zero-order chi connectivity index (χ0) is 56.1. The summed E-state index contributed by atoms with van der Waals surface area (Å²) in [7, 11) is 1.61. The van der Waals surface area contributed by atoms with Crippen LogP contribution in [0, 0.1) is 23.4 Å². The number of rotatable bonds is 17. The number of nitrogens with zero attached hydrogens (tertiary/aromatic N) is 4. The molecule has 6 N–H and O–H groups in total. The minimum atomic E-state index is -1.46. The molecule has 5 aliphatic rings. The summed E-state index contributed by atoms with van der Waals surface area (Å²) in [5, 5.41) is 17.3. The SMILES string of the molecule is CN[C@@H](C)C(=O)NC(C(=O)N1Cc2ccc(NC(=O)CNC(=O)[C@@]3(C)CN(C(=O)CN4C[C@@H](C)NC[C@@H]4CN4CCOC[C@H]4C)c4cc(Cc5ccc(F)cc5)ccc43)cc2[C@H]1C(=O)Nc1c(F)cccc1F)C1CCOCC1. The van der Waals surface area contributed by atoms with Gasteiger partial charge in [0.05, 0.1) is 37.8 Å². The number of carbonyl (C=O) groups excluding carboxylic acids is 6. The highest BCUT2D eigenvalue weighted by Crippen LogP contribution is 2.43. The number of piperazine rings is 1. The molecule has 0 aliphatic carbocycles. The Morgan fingerprint density at radius 2 is 1.59 bits per heavy atom. The Hall–Kier alpha value is -6.75. The summed E-state index contributed by atoms with van der Waals surface area (Å²) in [5.74, 6) is -6.05. The van der Waals surface area contributed by atoms with Gasteiger partial charge in [0.15, 0.2) is 0 Å². The molecule has 5 heterocycles. The molecule has 7 atom stereocenters. The van der Waals surface area contributed by atoms with Gasteiger partial charge in [0.1, 0.15) is 35.2 Å². The Balaban J connectivity index is 0.934. The number of benzene rings is 4. The third-order valence-electron chi connectivity index (χ3n) is 16.2. The van der Waals surface area contributed by atoms with Crippen molar-refractivity contribution in [2.24, 2.45) is 5.92 Å². The first-order valence-electron chi connectivity index (χ1n) is 27.2. The molecule has 4 aromatic rings. The molecule has 1 unspecified atom stereocenters. The predicted octanol–water partition coefficient (Wildman–Crippen LogP) is 3.98. The molecule has 3 saturated heterocycles. The molecule has 422 valence electrons. The number of amides is 6. The van der Waals surface area contributed by atoms with Gasteiger partial charge in [-0.15, -0.1) is 0 Å². The monoisotopic (exact) mass is 1090 g/mol. The van der Waals surface area contributed by atoms with E-state index in [1.807, 2.05) is 18.2 Å². The van der Waals surface area contributed by atoms with Crippen molar-refractivity contribution >= 4 is 52.5 Å². The first-order chi connectivity index (χ1) is 37.9. The van der Waals surface area contributed by atoms with Crippen molar-refractivity contribution in [2.75, 3.05) is 94.8 Å². The predicted molar refractivity (Wildman–Crippen MR) is 290 cm³/mol.